The monoisotopic (exact) mass is 377 g/mol. The first-order chi connectivity index (χ1) is 10.9. The largest absolute Gasteiger partial charge is 0.488 e. The Morgan fingerprint density at radius 2 is 2.09 bits per heavy atom. The average molecular weight is 378 g/mol. The van der Waals surface area contributed by atoms with Gasteiger partial charge >= 0.3 is 0 Å². The Labute approximate surface area is 140 Å². The summed E-state index contributed by atoms with van der Waals surface area (Å²) >= 11 is 3.34. The summed E-state index contributed by atoms with van der Waals surface area (Å²) in [7, 11) is 0. The maximum absolute atomic E-state index is 13.7. The predicted octanol–water partition coefficient (Wildman–Crippen LogP) is 5.23. The summed E-state index contributed by atoms with van der Waals surface area (Å²) in [6.07, 6.45) is 0. The van der Waals surface area contributed by atoms with Gasteiger partial charge in [0.05, 0.1) is 0 Å². The van der Waals surface area contributed by atoms with E-state index in [0.717, 1.165) is 5.56 Å². The summed E-state index contributed by atoms with van der Waals surface area (Å²) in [5.41, 5.74) is 10.5. The lowest BCUT2D eigenvalue weighted by atomic mass is 10.1. The van der Waals surface area contributed by atoms with Gasteiger partial charge in [-0.2, -0.15) is 0 Å². The van der Waals surface area contributed by atoms with E-state index in [0.29, 0.717) is 21.3 Å². The number of nitrogens with zero attached hydrogens (tertiary/aromatic N) is 3. The number of aryl methyl sites for hydroxylation is 2. The highest BCUT2D eigenvalue weighted by Crippen LogP contribution is 2.26. The molecule has 7 heteroatoms. The van der Waals surface area contributed by atoms with Crippen LogP contribution in [0.1, 0.15) is 27.0 Å². The van der Waals surface area contributed by atoms with E-state index in [1.807, 2.05) is 6.92 Å². The lowest BCUT2D eigenvalue weighted by molar-refractivity contribution is 0.0998. The Balaban J connectivity index is 2.32. The molecule has 0 N–H and O–H groups in total. The number of hydrogen-bond donors (Lipinski definition) is 0. The smallest absolute Gasteiger partial charge is 0.249 e. The van der Waals surface area contributed by atoms with E-state index in [-0.39, 0.29) is 18.0 Å². The minimum atomic E-state index is -0.695. The Bertz CT molecular complexity index is 817. The second-order valence-electron chi connectivity index (χ2n) is 4.92. The molecule has 0 unspecified atom stereocenters. The Morgan fingerprint density at radius 1 is 1.35 bits per heavy atom. The first-order valence-corrected chi connectivity index (χ1v) is 7.49. The third kappa shape index (κ3) is 3.88. The molecule has 0 aliphatic rings. The standard InChI is InChI=1S/C16H13BrFN3O2/c1-9-6-10(2)15(7-14(9)18)23-8-12-11(16(22)20-21-19)4-3-5-13(12)17/h3-7H,8H2,1-2H3. The predicted molar refractivity (Wildman–Crippen MR) is 87.8 cm³/mol. The topological polar surface area (TPSA) is 75.1 Å². The summed E-state index contributed by atoms with van der Waals surface area (Å²) in [4.78, 5) is 14.3. The number of ether oxygens (including phenoxy) is 1. The number of rotatable bonds is 4. The van der Waals surface area contributed by atoms with Crippen LogP contribution in [0.2, 0.25) is 0 Å². The zero-order chi connectivity index (χ0) is 17.0. The van der Waals surface area contributed by atoms with Crippen molar-refractivity contribution in [3.05, 3.63) is 73.3 Å². The molecule has 118 valence electrons. The molecule has 0 radical (unpaired) electrons. The molecule has 0 bridgehead atoms. The van der Waals surface area contributed by atoms with Gasteiger partial charge in [0, 0.05) is 26.6 Å². The van der Waals surface area contributed by atoms with Crippen LogP contribution in [-0.2, 0) is 6.61 Å². The number of azide groups is 1. The minimum Gasteiger partial charge on any atom is -0.488 e. The first kappa shape index (κ1) is 17.0. The van der Waals surface area contributed by atoms with Gasteiger partial charge in [0.2, 0.25) is 5.91 Å². The van der Waals surface area contributed by atoms with Crippen LogP contribution in [0.3, 0.4) is 0 Å². The molecule has 0 aromatic heterocycles. The number of halogens is 2. The Morgan fingerprint density at radius 3 is 2.78 bits per heavy atom. The highest BCUT2D eigenvalue weighted by Gasteiger charge is 2.14. The van der Waals surface area contributed by atoms with Gasteiger partial charge in [-0.25, -0.2) is 4.39 Å². The normalized spacial score (nSPS) is 10.1. The lowest BCUT2D eigenvalue weighted by Crippen LogP contribution is -2.06. The highest BCUT2D eigenvalue weighted by atomic mass is 79.9. The van der Waals surface area contributed by atoms with Crippen molar-refractivity contribution in [1.82, 2.24) is 0 Å². The molecule has 0 aliphatic carbocycles. The van der Waals surface area contributed by atoms with Crippen molar-refractivity contribution in [2.45, 2.75) is 20.5 Å². The second kappa shape index (κ2) is 7.26. The van der Waals surface area contributed by atoms with Gasteiger partial charge in [-0.15, -0.1) is 0 Å². The van der Waals surface area contributed by atoms with Crippen LogP contribution in [0.15, 0.2) is 39.9 Å². The van der Waals surface area contributed by atoms with Crippen molar-refractivity contribution in [2.75, 3.05) is 0 Å². The van der Waals surface area contributed by atoms with Crippen LogP contribution >= 0.6 is 15.9 Å². The van der Waals surface area contributed by atoms with Gasteiger partial charge in [-0.1, -0.05) is 28.1 Å². The molecule has 0 heterocycles. The van der Waals surface area contributed by atoms with Crippen LogP contribution in [-0.4, -0.2) is 5.91 Å². The van der Waals surface area contributed by atoms with Crippen LogP contribution in [0.25, 0.3) is 10.4 Å². The number of amides is 1. The van der Waals surface area contributed by atoms with Crippen molar-refractivity contribution >= 4 is 21.8 Å². The molecule has 2 aromatic carbocycles. The van der Waals surface area contributed by atoms with Crippen LogP contribution < -0.4 is 4.74 Å². The molecule has 0 saturated heterocycles. The van der Waals surface area contributed by atoms with E-state index in [1.54, 1.807) is 31.2 Å². The van der Waals surface area contributed by atoms with E-state index in [9.17, 15) is 9.18 Å². The van der Waals surface area contributed by atoms with Gasteiger partial charge < -0.3 is 4.74 Å². The SMILES string of the molecule is Cc1cc(C)c(OCc2c(Br)cccc2C(=O)N=[N+]=[N-])cc1F. The van der Waals surface area contributed by atoms with Gasteiger partial charge in [-0.05, 0) is 47.8 Å². The third-order valence-electron chi connectivity index (χ3n) is 3.31. The van der Waals surface area contributed by atoms with E-state index < -0.39 is 5.91 Å². The quantitative estimate of drug-likeness (QED) is 0.415. The van der Waals surface area contributed by atoms with Crippen LogP contribution in [0.4, 0.5) is 4.39 Å². The first-order valence-electron chi connectivity index (χ1n) is 6.70. The van der Waals surface area contributed by atoms with Crippen molar-refractivity contribution in [3.8, 4) is 5.75 Å². The molecule has 2 rings (SSSR count). The van der Waals surface area contributed by atoms with E-state index >= 15 is 0 Å². The fourth-order valence-electron chi connectivity index (χ4n) is 2.11. The minimum absolute atomic E-state index is 0.0345. The van der Waals surface area contributed by atoms with Gasteiger partial charge in [0.1, 0.15) is 18.2 Å². The number of benzene rings is 2. The van der Waals surface area contributed by atoms with E-state index in [2.05, 4.69) is 26.0 Å². The highest BCUT2D eigenvalue weighted by molar-refractivity contribution is 9.10. The van der Waals surface area contributed by atoms with Crippen LogP contribution in [0, 0.1) is 19.7 Å². The number of carbonyl (C=O) groups excluding carboxylic acids is 1. The van der Waals surface area contributed by atoms with Gasteiger partial charge in [0.25, 0.3) is 0 Å². The van der Waals surface area contributed by atoms with Crippen LogP contribution in [0.5, 0.6) is 5.75 Å². The fourth-order valence-corrected chi connectivity index (χ4v) is 2.59. The summed E-state index contributed by atoms with van der Waals surface area (Å²) in [6, 6.07) is 7.95. The molecular formula is C16H13BrFN3O2. The van der Waals surface area contributed by atoms with Crippen molar-refractivity contribution in [3.63, 3.8) is 0 Å². The molecule has 5 nitrogen and oxygen atoms in total. The lowest BCUT2D eigenvalue weighted by Gasteiger charge is -2.13. The summed E-state index contributed by atoms with van der Waals surface area (Å²) in [6.45, 7) is 3.52. The molecule has 1 amide bonds. The number of hydrogen-bond acceptors (Lipinski definition) is 2. The molecule has 0 spiro atoms. The molecule has 0 fully saturated rings. The maximum Gasteiger partial charge on any atom is 0.249 e. The van der Waals surface area contributed by atoms with E-state index in [4.69, 9.17) is 10.3 Å². The molecule has 0 saturated carbocycles. The average Bonchev–Trinajstić information content (AvgIpc) is 2.50. The molecule has 0 aliphatic heterocycles. The second-order valence-corrected chi connectivity index (χ2v) is 5.77. The molecule has 2 aromatic rings. The number of carbonyl (C=O) groups is 1. The van der Waals surface area contributed by atoms with Crippen molar-refractivity contribution < 1.29 is 13.9 Å². The Kier molecular flexibility index (Phi) is 5.36. The Hall–Kier alpha value is -2.37. The van der Waals surface area contributed by atoms with Crippen molar-refractivity contribution in [1.29, 1.82) is 0 Å². The molecule has 0 atom stereocenters. The fraction of sp³-hybridized carbons (Fsp3) is 0.188. The van der Waals surface area contributed by atoms with Crippen molar-refractivity contribution in [2.24, 2.45) is 5.11 Å². The summed E-state index contributed by atoms with van der Waals surface area (Å²) in [5, 5.41) is 3.10. The maximum atomic E-state index is 13.7. The summed E-state index contributed by atoms with van der Waals surface area (Å²) in [5.74, 6) is -0.659. The molecular weight excluding hydrogens is 365 g/mol. The zero-order valence-electron chi connectivity index (χ0n) is 12.5. The zero-order valence-corrected chi connectivity index (χ0v) is 14.1. The molecule has 23 heavy (non-hydrogen) atoms. The van der Waals surface area contributed by atoms with Gasteiger partial charge in [-0.3, -0.25) is 4.79 Å². The summed E-state index contributed by atoms with van der Waals surface area (Å²) < 4.78 is 20.0. The van der Waals surface area contributed by atoms with Gasteiger partial charge in [0.15, 0.2) is 0 Å². The van der Waals surface area contributed by atoms with E-state index in [1.165, 1.54) is 6.07 Å². The third-order valence-corrected chi connectivity index (χ3v) is 4.06.